The zero-order valence-corrected chi connectivity index (χ0v) is 11.5. The van der Waals surface area contributed by atoms with Crippen molar-refractivity contribution in [3.05, 3.63) is 29.6 Å². The third-order valence-corrected chi connectivity index (χ3v) is 3.50. The summed E-state index contributed by atoms with van der Waals surface area (Å²) in [6.07, 6.45) is 1.69. The van der Waals surface area contributed by atoms with Crippen LogP contribution in [0, 0.1) is 17.5 Å². The molecule has 0 heterocycles. The summed E-state index contributed by atoms with van der Waals surface area (Å²) in [6, 6.07) is 0.495. The molecule has 0 aliphatic heterocycles. The molecule has 1 aliphatic carbocycles. The van der Waals surface area contributed by atoms with Gasteiger partial charge in [-0.3, -0.25) is 9.59 Å². The van der Waals surface area contributed by atoms with Gasteiger partial charge in [-0.05, 0) is 25.7 Å². The second-order valence-electron chi connectivity index (χ2n) is 5.18. The summed E-state index contributed by atoms with van der Waals surface area (Å²) in [5.74, 6) is -6.07. The molecule has 1 aromatic carbocycles. The molecule has 0 bridgehead atoms. The molecule has 0 unspecified atom stereocenters. The number of benzene rings is 1. The number of rotatable bonds is 2. The predicted octanol–water partition coefficient (Wildman–Crippen LogP) is 1.46. The Morgan fingerprint density at radius 3 is 2.18 bits per heavy atom. The maximum Gasteiger partial charge on any atom is 0.313 e. The van der Waals surface area contributed by atoms with Crippen LogP contribution in [-0.4, -0.2) is 29.1 Å². The molecule has 0 aromatic heterocycles. The highest BCUT2D eigenvalue weighted by Crippen LogP contribution is 2.19. The average Bonchev–Trinajstić information content (AvgIpc) is 2.47. The molecule has 8 heteroatoms. The minimum Gasteiger partial charge on any atom is -0.393 e. The van der Waals surface area contributed by atoms with Crippen LogP contribution in [0.2, 0.25) is 0 Å². The Kier molecular flexibility index (Phi) is 5.02. The van der Waals surface area contributed by atoms with E-state index in [4.69, 9.17) is 0 Å². The zero-order chi connectivity index (χ0) is 16.3. The van der Waals surface area contributed by atoms with Crippen molar-refractivity contribution >= 4 is 17.5 Å². The van der Waals surface area contributed by atoms with Crippen molar-refractivity contribution in [3.8, 4) is 0 Å². The highest BCUT2D eigenvalue weighted by molar-refractivity contribution is 6.39. The van der Waals surface area contributed by atoms with Crippen molar-refractivity contribution in [2.24, 2.45) is 0 Å². The quantitative estimate of drug-likeness (QED) is 0.571. The van der Waals surface area contributed by atoms with Gasteiger partial charge in [-0.1, -0.05) is 0 Å². The molecule has 1 saturated carbocycles. The van der Waals surface area contributed by atoms with Crippen LogP contribution in [0.1, 0.15) is 25.7 Å². The topological polar surface area (TPSA) is 78.4 Å². The van der Waals surface area contributed by atoms with E-state index in [2.05, 4.69) is 5.32 Å². The number of aliphatic hydroxyl groups excluding tert-OH is 1. The second-order valence-corrected chi connectivity index (χ2v) is 5.18. The van der Waals surface area contributed by atoms with E-state index in [-0.39, 0.29) is 12.1 Å². The predicted molar refractivity (Wildman–Crippen MR) is 71.4 cm³/mol. The van der Waals surface area contributed by atoms with Gasteiger partial charge < -0.3 is 15.7 Å². The molecule has 1 fully saturated rings. The van der Waals surface area contributed by atoms with E-state index < -0.39 is 41.1 Å². The Hall–Kier alpha value is -2.09. The summed E-state index contributed by atoms with van der Waals surface area (Å²) in [6.45, 7) is 0. The normalized spacial score (nSPS) is 21.3. The largest absolute Gasteiger partial charge is 0.393 e. The highest BCUT2D eigenvalue weighted by Gasteiger charge is 2.24. The number of hydrogen-bond acceptors (Lipinski definition) is 3. The molecule has 3 N–H and O–H groups in total. The number of carbonyl (C=O) groups is 2. The van der Waals surface area contributed by atoms with Gasteiger partial charge in [-0.25, -0.2) is 13.2 Å². The molecule has 0 saturated heterocycles. The molecule has 1 aromatic rings. The summed E-state index contributed by atoms with van der Waals surface area (Å²) in [5, 5.41) is 13.7. The van der Waals surface area contributed by atoms with Crippen LogP contribution in [0.15, 0.2) is 12.1 Å². The van der Waals surface area contributed by atoms with Gasteiger partial charge in [0.1, 0.15) is 5.82 Å². The number of aliphatic hydroxyl groups is 1. The van der Waals surface area contributed by atoms with Gasteiger partial charge in [0.15, 0.2) is 11.6 Å². The monoisotopic (exact) mass is 316 g/mol. The fraction of sp³-hybridized carbons (Fsp3) is 0.429. The molecule has 0 atom stereocenters. The summed E-state index contributed by atoms with van der Waals surface area (Å²) in [7, 11) is 0. The van der Waals surface area contributed by atoms with E-state index in [1.807, 2.05) is 5.32 Å². The molecule has 0 radical (unpaired) electrons. The second kappa shape index (κ2) is 6.78. The smallest absolute Gasteiger partial charge is 0.313 e. The van der Waals surface area contributed by atoms with E-state index in [0.29, 0.717) is 31.7 Å². The lowest BCUT2D eigenvalue weighted by molar-refractivity contribution is -0.136. The minimum atomic E-state index is -1.39. The summed E-state index contributed by atoms with van der Waals surface area (Å²) in [5.41, 5.74) is -0.613. The molecule has 120 valence electrons. The third kappa shape index (κ3) is 3.97. The Balaban J connectivity index is 1.94. The van der Waals surface area contributed by atoms with Crippen LogP contribution in [0.4, 0.5) is 18.9 Å². The standard InChI is InChI=1S/C14H15F3N2O3/c15-9-5-11(17)12(6-10(9)16)19-14(22)13(21)18-7-1-3-8(20)4-2-7/h5-8,20H,1-4H2,(H,18,21)(H,19,22). The van der Waals surface area contributed by atoms with Crippen LogP contribution in [-0.2, 0) is 9.59 Å². The van der Waals surface area contributed by atoms with Gasteiger partial charge in [-0.2, -0.15) is 0 Å². The van der Waals surface area contributed by atoms with Crippen molar-refractivity contribution in [2.75, 3.05) is 5.32 Å². The van der Waals surface area contributed by atoms with Gasteiger partial charge in [0.2, 0.25) is 0 Å². The fourth-order valence-electron chi connectivity index (χ4n) is 2.27. The number of anilines is 1. The lowest BCUT2D eigenvalue weighted by atomic mass is 9.93. The summed E-state index contributed by atoms with van der Waals surface area (Å²) < 4.78 is 39.1. The van der Waals surface area contributed by atoms with Gasteiger partial charge in [0.25, 0.3) is 0 Å². The van der Waals surface area contributed by atoms with Gasteiger partial charge in [0.05, 0.1) is 11.8 Å². The van der Waals surface area contributed by atoms with Gasteiger partial charge >= 0.3 is 11.8 Å². The van der Waals surface area contributed by atoms with E-state index in [9.17, 15) is 27.9 Å². The van der Waals surface area contributed by atoms with Crippen molar-refractivity contribution in [1.82, 2.24) is 5.32 Å². The van der Waals surface area contributed by atoms with Crippen molar-refractivity contribution in [1.29, 1.82) is 0 Å². The summed E-state index contributed by atoms with van der Waals surface area (Å²) >= 11 is 0. The lowest BCUT2D eigenvalue weighted by Crippen LogP contribution is -2.44. The van der Waals surface area contributed by atoms with Crippen LogP contribution in [0.5, 0.6) is 0 Å². The van der Waals surface area contributed by atoms with E-state index in [1.54, 1.807) is 0 Å². The Morgan fingerprint density at radius 2 is 1.55 bits per heavy atom. The molecular formula is C14H15F3N2O3. The van der Waals surface area contributed by atoms with E-state index in [0.717, 1.165) is 0 Å². The van der Waals surface area contributed by atoms with Crippen LogP contribution in [0.25, 0.3) is 0 Å². The molecule has 1 aliphatic rings. The Morgan fingerprint density at radius 1 is 0.955 bits per heavy atom. The molecule has 5 nitrogen and oxygen atoms in total. The van der Waals surface area contributed by atoms with Crippen molar-refractivity contribution in [2.45, 2.75) is 37.8 Å². The summed E-state index contributed by atoms with van der Waals surface area (Å²) in [4.78, 5) is 23.3. The number of nitrogens with one attached hydrogen (secondary N) is 2. The molecular weight excluding hydrogens is 301 g/mol. The lowest BCUT2D eigenvalue weighted by Gasteiger charge is -2.25. The van der Waals surface area contributed by atoms with Crippen molar-refractivity contribution in [3.63, 3.8) is 0 Å². The first-order valence-electron chi connectivity index (χ1n) is 6.81. The minimum absolute atomic E-state index is 0.253. The third-order valence-electron chi connectivity index (χ3n) is 3.50. The number of amides is 2. The number of halogens is 3. The number of hydrogen-bond donors (Lipinski definition) is 3. The first-order valence-corrected chi connectivity index (χ1v) is 6.81. The molecule has 2 amide bonds. The van der Waals surface area contributed by atoms with E-state index >= 15 is 0 Å². The molecule has 0 spiro atoms. The van der Waals surface area contributed by atoms with Gasteiger partial charge in [-0.15, -0.1) is 0 Å². The SMILES string of the molecule is O=C(Nc1cc(F)c(F)cc1F)C(=O)NC1CCC(O)CC1. The maximum absolute atomic E-state index is 13.4. The Bertz CT molecular complexity index is 587. The van der Waals surface area contributed by atoms with Crippen molar-refractivity contribution < 1.29 is 27.9 Å². The van der Waals surface area contributed by atoms with Crippen LogP contribution >= 0.6 is 0 Å². The van der Waals surface area contributed by atoms with Crippen LogP contribution in [0.3, 0.4) is 0 Å². The maximum atomic E-state index is 13.4. The van der Waals surface area contributed by atoms with Crippen LogP contribution < -0.4 is 10.6 Å². The van der Waals surface area contributed by atoms with Gasteiger partial charge in [0, 0.05) is 18.2 Å². The highest BCUT2D eigenvalue weighted by atomic mass is 19.2. The van der Waals surface area contributed by atoms with E-state index in [1.165, 1.54) is 0 Å². The zero-order valence-electron chi connectivity index (χ0n) is 11.5. The first-order chi connectivity index (χ1) is 10.4. The molecule has 22 heavy (non-hydrogen) atoms. The first kappa shape index (κ1) is 16.3. The Labute approximate surface area is 124 Å². The fourth-order valence-corrected chi connectivity index (χ4v) is 2.27. The average molecular weight is 316 g/mol. The number of carbonyl (C=O) groups excluding carboxylic acids is 2. The molecule has 2 rings (SSSR count).